The summed E-state index contributed by atoms with van der Waals surface area (Å²) in [7, 11) is -1.66. The second-order valence-electron chi connectivity index (χ2n) is 8.60. The van der Waals surface area contributed by atoms with E-state index >= 15 is 0 Å². The van der Waals surface area contributed by atoms with Crippen LogP contribution >= 0.6 is 11.6 Å². The van der Waals surface area contributed by atoms with E-state index in [0.717, 1.165) is 10.4 Å². The van der Waals surface area contributed by atoms with Crippen LogP contribution < -0.4 is 9.62 Å². The number of carbonyl (C=O) groups excluding carboxylic acids is 2. The van der Waals surface area contributed by atoms with E-state index in [-0.39, 0.29) is 30.6 Å². The molecule has 0 radical (unpaired) electrons. The second kappa shape index (κ2) is 13.0. The molecule has 0 aliphatic heterocycles. The zero-order chi connectivity index (χ0) is 27.0. The van der Waals surface area contributed by atoms with Crippen molar-refractivity contribution in [1.29, 1.82) is 0 Å². The van der Waals surface area contributed by atoms with Gasteiger partial charge >= 0.3 is 10.2 Å². The van der Waals surface area contributed by atoms with Crippen LogP contribution in [-0.2, 0) is 26.3 Å². The molecule has 0 unspecified atom stereocenters. The molecule has 2 aromatic rings. The van der Waals surface area contributed by atoms with Gasteiger partial charge in [0.1, 0.15) is 18.4 Å². The summed E-state index contributed by atoms with van der Waals surface area (Å²) < 4.78 is 42.6. The Morgan fingerprint density at radius 3 is 2.19 bits per heavy atom. The molecule has 0 heterocycles. The van der Waals surface area contributed by atoms with Gasteiger partial charge in [-0.15, -0.1) is 0 Å². The van der Waals surface area contributed by atoms with Gasteiger partial charge in [0.05, 0.1) is 5.69 Å². The van der Waals surface area contributed by atoms with Crippen molar-refractivity contribution in [3.05, 3.63) is 64.9 Å². The van der Waals surface area contributed by atoms with Crippen molar-refractivity contribution < 1.29 is 22.4 Å². The second-order valence-corrected chi connectivity index (χ2v) is 11.1. The van der Waals surface area contributed by atoms with Gasteiger partial charge < -0.3 is 10.2 Å². The summed E-state index contributed by atoms with van der Waals surface area (Å²) in [6.45, 7) is 4.81. The minimum absolute atomic E-state index is 0.0297. The number of halogens is 2. The van der Waals surface area contributed by atoms with Gasteiger partial charge in [-0.05, 0) is 43.5 Å². The van der Waals surface area contributed by atoms with E-state index in [1.807, 2.05) is 13.8 Å². The minimum atomic E-state index is -4.25. The first-order valence-corrected chi connectivity index (χ1v) is 13.5. The van der Waals surface area contributed by atoms with Crippen molar-refractivity contribution in [2.75, 3.05) is 24.9 Å². The topological polar surface area (TPSA) is 90.0 Å². The zero-order valence-corrected chi connectivity index (χ0v) is 22.8. The van der Waals surface area contributed by atoms with Gasteiger partial charge in [0.2, 0.25) is 11.8 Å². The predicted octanol–water partition coefficient (Wildman–Crippen LogP) is 3.81. The molecule has 0 saturated heterocycles. The van der Waals surface area contributed by atoms with Gasteiger partial charge in [-0.1, -0.05) is 55.8 Å². The molecular formula is C25H34ClFN4O4S. The van der Waals surface area contributed by atoms with Crippen LogP contribution in [0.5, 0.6) is 0 Å². The molecule has 2 aromatic carbocycles. The average Bonchev–Trinajstić information content (AvgIpc) is 2.83. The lowest BCUT2D eigenvalue weighted by molar-refractivity contribution is -0.140. The first kappa shape index (κ1) is 29.5. The van der Waals surface area contributed by atoms with E-state index in [2.05, 4.69) is 5.32 Å². The van der Waals surface area contributed by atoms with Crippen LogP contribution in [-0.4, -0.2) is 62.2 Å². The molecule has 36 heavy (non-hydrogen) atoms. The van der Waals surface area contributed by atoms with Gasteiger partial charge in [-0.3, -0.25) is 9.59 Å². The molecule has 2 atom stereocenters. The fourth-order valence-electron chi connectivity index (χ4n) is 3.53. The van der Waals surface area contributed by atoms with Crippen LogP contribution in [0.2, 0.25) is 5.02 Å². The number of hydrogen-bond donors (Lipinski definition) is 1. The van der Waals surface area contributed by atoms with E-state index in [4.69, 9.17) is 11.6 Å². The lowest BCUT2D eigenvalue weighted by Gasteiger charge is -2.34. The van der Waals surface area contributed by atoms with E-state index in [1.165, 1.54) is 37.2 Å². The van der Waals surface area contributed by atoms with Crippen molar-refractivity contribution in [2.24, 2.45) is 0 Å². The maximum atomic E-state index is 14.7. The summed E-state index contributed by atoms with van der Waals surface area (Å²) in [6, 6.07) is 11.2. The number of hydrogen-bond acceptors (Lipinski definition) is 4. The highest BCUT2D eigenvalue weighted by Crippen LogP contribution is 2.25. The van der Waals surface area contributed by atoms with Crippen LogP contribution in [0.1, 0.15) is 39.2 Å². The first-order chi connectivity index (χ1) is 16.9. The SMILES string of the molecule is CC[C@H](C(=O)N[C@@H](C)CC)N(Cc1ccccc1Cl)C(=O)CN(c1ccccc1F)S(=O)(=O)N(C)C. The van der Waals surface area contributed by atoms with Crippen molar-refractivity contribution >= 4 is 39.3 Å². The average molecular weight is 541 g/mol. The summed E-state index contributed by atoms with van der Waals surface area (Å²) in [5, 5.41) is 3.30. The Balaban J connectivity index is 2.54. The van der Waals surface area contributed by atoms with Gasteiger partial charge in [0, 0.05) is 31.7 Å². The Morgan fingerprint density at radius 1 is 1.03 bits per heavy atom. The summed E-state index contributed by atoms with van der Waals surface area (Å²) in [5.74, 6) is -1.83. The normalized spacial score (nSPS) is 13.2. The Morgan fingerprint density at radius 2 is 1.64 bits per heavy atom. The Kier molecular flexibility index (Phi) is 10.7. The fourth-order valence-corrected chi connectivity index (χ4v) is 4.79. The van der Waals surface area contributed by atoms with Gasteiger partial charge in [0.25, 0.3) is 0 Å². The molecule has 11 heteroatoms. The number of nitrogens with zero attached hydrogens (tertiary/aromatic N) is 3. The third-order valence-electron chi connectivity index (χ3n) is 5.83. The van der Waals surface area contributed by atoms with Gasteiger partial charge in [0.15, 0.2) is 0 Å². The van der Waals surface area contributed by atoms with Crippen LogP contribution in [0.4, 0.5) is 10.1 Å². The maximum absolute atomic E-state index is 14.7. The maximum Gasteiger partial charge on any atom is 0.304 e. The van der Waals surface area contributed by atoms with Gasteiger partial charge in [-0.25, -0.2) is 8.70 Å². The van der Waals surface area contributed by atoms with E-state index < -0.39 is 34.5 Å². The summed E-state index contributed by atoms with van der Waals surface area (Å²) >= 11 is 6.34. The highest BCUT2D eigenvalue weighted by atomic mass is 35.5. The van der Waals surface area contributed by atoms with Gasteiger partial charge in [-0.2, -0.15) is 12.7 Å². The molecule has 2 amide bonds. The fraction of sp³-hybridized carbons (Fsp3) is 0.440. The monoisotopic (exact) mass is 540 g/mol. The minimum Gasteiger partial charge on any atom is -0.352 e. The first-order valence-electron chi connectivity index (χ1n) is 11.7. The molecule has 0 bridgehead atoms. The highest BCUT2D eigenvalue weighted by Gasteiger charge is 2.35. The Hall–Kier alpha value is -2.69. The summed E-state index contributed by atoms with van der Waals surface area (Å²) in [6.07, 6.45) is 0.974. The standard InChI is InChI=1S/C25H34ClFN4O4S/c1-6-18(3)28-25(33)22(7-2)30(16-19-12-8-9-13-20(19)26)24(32)17-31(36(34,35)29(4)5)23-15-11-10-14-21(23)27/h8-15,18,22H,6-7,16-17H2,1-5H3,(H,28,33)/t18-,22+/m0/s1. The molecule has 0 aliphatic carbocycles. The molecule has 0 fully saturated rings. The van der Waals surface area contributed by atoms with E-state index in [0.29, 0.717) is 21.3 Å². The smallest absolute Gasteiger partial charge is 0.304 e. The van der Waals surface area contributed by atoms with Crippen LogP contribution in [0.15, 0.2) is 48.5 Å². The molecule has 1 N–H and O–H groups in total. The number of anilines is 1. The molecule has 2 rings (SSSR count). The molecule has 0 spiro atoms. The number of amides is 2. The summed E-state index contributed by atoms with van der Waals surface area (Å²) in [5.41, 5.74) is 0.324. The zero-order valence-electron chi connectivity index (χ0n) is 21.2. The quantitative estimate of drug-likeness (QED) is 0.443. The molecule has 8 nitrogen and oxygen atoms in total. The Labute approximate surface area is 218 Å². The molecule has 198 valence electrons. The highest BCUT2D eigenvalue weighted by molar-refractivity contribution is 7.90. The van der Waals surface area contributed by atoms with E-state index in [1.54, 1.807) is 31.2 Å². The number of para-hydroxylation sites is 1. The summed E-state index contributed by atoms with van der Waals surface area (Å²) in [4.78, 5) is 28.2. The number of nitrogens with one attached hydrogen (secondary N) is 1. The van der Waals surface area contributed by atoms with Crippen molar-refractivity contribution in [3.8, 4) is 0 Å². The molecule has 0 saturated carbocycles. The number of benzene rings is 2. The molecular weight excluding hydrogens is 507 g/mol. The molecule has 0 aromatic heterocycles. The third-order valence-corrected chi connectivity index (χ3v) is 8.00. The van der Waals surface area contributed by atoms with Crippen molar-refractivity contribution in [2.45, 2.75) is 52.2 Å². The van der Waals surface area contributed by atoms with Crippen LogP contribution in [0.25, 0.3) is 0 Å². The predicted molar refractivity (Wildman–Crippen MR) is 140 cm³/mol. The number of carbonyl (C=O) groups is 2. The van der Waals surface area contributed by atoms with Crippen molar-refractivity contribution in [1.82, 2.24) is 14.5 Å². The molecule has 0 aliphatic rings. The Bertz CT molecular complexity index is 1160. The lowest BCUT2D eigenvalue weighted by atomic mass is 10.1. The third kappa shape index (κ3) is 7.18. The van der Waals surface area contributed by atoms with Crippen molar-refractivity contribution in [3.63, 3.8) is 0 Å². The van der Waals surface area contributed by atoms with Crippen LogP contribution in [0, 0.1) is 5.82 Å². The lowest BCUT2D eigenvalue weighted by Crippen LogP contribution is -2.54. The number of rotatable bonds is 12. The van der Waals surface area contributed by atoms with E-state index in [9.17, 15) is 22.4 Å². The largest absolute Gasteiger partial charge is 0.352 e. The van der Waals surface area contributed by atoms with Crippen LogP contribution in [0.3, 0.4) is 0 Å².